The summed E-state index contributed by atoms with van der Waals surface area (Å²) in [6.07, 6.45) is 3.26. The van der Waals surface area contributed by atoms with E-state index >= 15 is 0 Å². The lowest BCUT2D eigenvalue weighted by Crippen LogP contribution is -2.29. The van der Waals surface area contributed by atoms with Crippen LogP contribution in [0.5, 0.6) is 0 Å². The minimum atomic E-state index is -0.251. The van der Waals surface area contributed by atoms with E-state index in [1.807, 2.05) is 19.9 Å². The fraction of sp³-hybridized carbons (Fsp3) is 0.556. The van der Waals surface area contributed by atoms with Gasteiger partial charge in [0.2, 0.25) is 0 Å². The van der Waals surface area contributed by atoms with Gasteiger partial charge in [-0.25, -0.2) is 0 Å². The van der Waals surface area contributed by atoms with Crippen molar-refractivity contribution in [2.45, 2.75) is 26.0 Å². The second-order valence-electron chi connectivity index (χ2n) is 3.50. The molecule has 1 aromatic heterocycles. The van der Waals surface area contributed by atoms with E-state index in [1.165, 1.54) is 0 Å². The fourth-order valence-corrected chi connectivity index (χ4v) is 0.962. The van der Waals surface area contributed by atoms with E-state index in [9.17, 15) is 0 Å². The average Bonchev–Trinajstić information content (AvgIpc) is 2.52. The Kier molecular flexibility index (Phi) is 2.69. The van der Waals surface area contributed by atoms with Crippen LogP contribution in [0.3, 0.4) is 0 Å². The molecule has 70 valence electrons. The largest absolute Gasteiger partial charge is 0.377 e. The molecular weight excluding hydrogens is 166 g/mol. The van der Waals surface area contributed by atoms with Gasteiger partial charge in [0.05, 0.1) is 23.9 Å². The number of hydrogen-bond acceptors (Lipinski definition) is 3. The van der Waals surface area contributed by atoms with Gasteiger partial charge in [-0.2, -0.15) is 10.4 Å². The SMILES string of the molecule is COC(C)(C)Cn1cc(C#N)cn1. The van der Waals surface area contributed by atoms with Gasteiger partial charge >= 0.3 is 0 Å². The second-order valence-corrected chi connectivity index (χ2v) is 3.50. The predicted molar refractivity (Wildman–Crippen MR) is 48.0 cm³/mol. The molecule has 1 aromatic rings. The highest BCUT2D eigenvalue weighted by Crippen LogP contribution is 2.10. The fourth-order valence-electron chi connectivity index (χ4n) is 0.962. The molecule has 0 radical (unpaired) electrons. The Bertz CT molecular complexity index is 322. The standard InChI is InChI=1S/C9H13N3O/c1-9(2,13-3)7-12-6-8(4-10)5-11-12/h5-6H,7H2,1-3H3. The van der Waals surface area contributed by atoms with Crippen LogP contribution in [0.1, 0.15) is 19.4 Å². The summed E-state index contributed by atoms with van der Waals surface area (Å²) < 4.78 is 6.95. The van der Waals surface area contributed by atoms with E-state index in [0.29, 0.717) is 12.1 Å². The van der Waals surface area contributed by atoms with Gasteiger partial charge in [-0.15, -0.1) is 0 Å². The van der Waals surface area contributed by atoms with Crippen LogP contribution in [0, 0.1) is 11.3 Å². The van der Waals surface area contributed by atoms with Crippen LogP contribution in [0.15, 0.2) is 12.4 Å². The summed E-state index contributed by atoms with van der Waals surface area (Å²) in [5.74, 6) is 0. The monoisotopic (exact) mass is 179 g/mol. The molecule has 0 aliphatic heterocycles. The van der Waals surface area contributed by atoms with Crippen molar-refractivity contribution in [2.75, 3.05) is 7.11 Å². The maximum Gasteiger partial charge on any atom is 0.102 e. The quantitative estimate of drug-likeness (QED) is 0.700. The Morgan fingerprint density at radius 3 is 2.85 bits per heavy atom. The Morgan fingerprint density at radius 2 is 2.38 bits per heavy atom. The van der Waals surface area contributed by atoms with E-state index in [2.05, 4.69) is 5.10 Å². The van der Waals surface area contributed by atoms with Gasteiger partial charge in [0.15, 0.2) is 0 Å². The first-order valence-corrected chi connectivity index (χ1v) is 4.05. The molecule has 0 unspecified atom stereocenters. The van der Waals surface area contributed by atoms with Gasteiger partial charge in [0.1, 0.15) is 6.07 Å². The van der Waals surface area contributed by atoms with Crippen molar-refractivity contribution in [1.29, 1.82) is 5.26 Å². The zero-order chi connectivity index (χ0) is 9.90. The molecule has 0 atom stereocenters. The van der Waals surface area contributed by atoms with Crippen molar-refractivity contribution < 1.29 is 4.74 Å². The zero-order valence-electron chi connectivity index (χ0n) is 8.11. The van der Waals surface area contributed by atoms with Crippen molar-refractivity contribution in [3.8, 4) is 6.07 Å². The molecule has 0 N–H and O–H groups in total. The van der Waals surface area contributed by atoms with E-state index in [4.69, 9.17) is 10.00 Å². The van der Waals surface area contributed by atoms with E-state index in [0.717, 1.165) is 0 Å². The Morgan fingerprint density at radius 1 is 1.69 bits per heavy atom. The maximum atomic E-state index is 8.57. The third kappa shape index (κ3) is 2.56. The highest BCUT2D eigenvalue weighted by atomic mass is 16.5. The number of rotatable bonds is 3. The third-order valence-corrected chi connectivity index (χ3v) is 1.86. The minimum absolute atomic E-state index is 0.251. The molecule has 1 rings (SSSR count). The van der Waals surface area contributed by atoms with Gasteiger partial charge in [0, 0.05) is 13.3 Å². The predicted octanol–water partition coefficient (Wildman–Crippen LogP) is 1.18. The van der Waals surface area contributed by atoms with Crippen LogP contribution in [0.4, 0.5) is 0 Å². The van der Waals surface area contributed by atoms with Gasteiger partial charge in [0.25, 0.3) is 0 Å². The number of nitrogens with zero attached hydrogens (tertiary/aromatic N) is 3. The summed E-state index contributed by atoms with van der Waals surface area (Å²) >= 11 is 0. The van der Waals surface area contributed by atoms with Crippen LogP contribution in [0.2, 0.25) is 0 Å². The summed E-state index contributed by atoms with van der Waals surface area (Å²) in [5, 5.41) is 12.6. The molecule has 4 nitrogen and oxygen atoms in total. The van der Waals surface area contributed by atoms with E-state index in [-0.39, 0.29) is 5.60 Å². The summed E-state index contributed by atoms with van der Waals surface area (Å²) in [7, 11) is 1.66. The number of methoxy groups -OCH3 is 1. The highest BCUT2D eigenvalue weighted by molar-refractivity contribution is 5.21. The maximum absolute atomic E-state index is 8.57. The lowest BCUT2D eigenvalue weighted by molar-refractivity contribution is 0.00541. The lowest BCUT2D eigenvalue weighted by Gasteiger charge is -2.22. The van der Waals surface area contributed by atoms with Crippen molar-refractivity contribution in [3.05, 3.63) is 18.0 Å². The number of nitriles is 1. The number of hydrogen-bond donors (Lipinski definition) is 0. The van der Waals surface area contributed by atoms with Gasteiger partial charge < -0.3 is 4.74 Å². The molecule has 4 heteroatoms. The van der Waals surface area contributed by atoms with Crippen LogP contribution < -0.4 is 0 Å². The summed E-state index contributed by atoms with van der Waals surface area (Å²) in [6, 6.07) is 2.03. The molecule has 0 fully saturated rings. The molecule has 0 aliphatic rings. The molecule has 0 spiro atoms. The van der Waals surface area contributed by atoms with E-state index in [1.54, 1.807) is 24.2 Å². The van der Waals surface area contributed by atoms with Crippen LogP contribution >= 0.6 is 0 Å². The normalized spacial score (nSPS) is 11.2. The van der Waals surface area contributed by atoms with Crippen LogP contribution in [-0.4, -0.2) is 22.5 Å². The third-order valence-electron chi connectivity index (χ3n) is 1.86. The smallest absolute Gasteiger partial charge is 0.102 e. The molecule has 0 aliphatic carbocycles. The lowest BCUT2D eigenvalue weighted by atomic mass is 10.1. The Labute approximate surface area is 77.7 Å². The van der Waals surface area contributed by atoms with Gasteiger partial charge in [-0.05, 0) is 13.8 Å². The van der Waals surface area contributed by atoms with Crippen LogP contribution in [0.25, 0.3) is 0 Å². The first kappa shape index (κ1) is 9.75. The average molecular weight is 179 g/mol. The molecule has 0 saturated heterocycles. The molecular formula is C9H13N3O. The summed E-state index contributed by atoms with van der Waals surface area (Å²) in [5.41, 5.74) is 0.325. The Hall–Kier alpha value is -1.34. The first-order chi connectivity index (χ1) is 6.07. The van der Waals surface area contributed by atoms with Crippen molar-refractivity contribution in [3.63, 3.8) is 0 Å². The van der Waals surface area contributed by atoms with Crippen molar-refractivity contribution >= 4 is 0 Å². The van der Waals surface area contributed by atoms with Gasteiger partial charge in [-0.1, -0.05) is 0 Å². The number of aromatic nitrogens is 2. The molecule has 13 heavy (non-hydrogen) atoms. The second kappa shape index (κ2) is 3.58. The van der Waals surface area contributed by atoms with Crippen molar-refractivity contribution in [2.24, 2.45) is 0 Å². The summed E-state index contributed by atoms with van der Waals surface area (Å²) in [6.45, 7) is 4.59. The molecule has 1 heterocycles. The first-order valence-electron chi connectivity index (χ1n) is 4.05. The Balaban J connectivity index is 2.70. The van der Waals surface area contributed by atoms with Crippen molar-refractivity contribution in [1.82, 2.24) is 9.78 Å². The van der Waals surface area contributed by atoms with Crippen LogP contribution in [-0.2, 0) is 11.3 Å². The number of ether oxygens (including phenoxy) is 1. The molecule has 0 bridgehead atoms. The molecule has 0 amide bonds. The zero-order valence-corrected chi connectivity index (χ0v) is 8.11. The topological polar surface area (TPSA) is 50.8 Å². The van der Waals surface area contributed by atoms with Gasteiger partial charge in [-0.3, -0.25) is 4.68 Å². The van der Waals surface area contributed by atoms with E-state index < -0.39 is 0 Å². The molecule has 0 aromatic carbocycles. The molecule has 0 saturated carbocycles. The minimum Gasteiger partial charge on any atom is -0.377 e. The summed E-state index contributed by atoms with van der Waals surface area (Å²) in [4.78, 5) is 0. The highest BCUT2D eigenvalue weighted by Gasteiger charge is 2.17.